The molecule has 0 aliphatic carbocycles. The molecule has 6 nitrogen and oxygen atoms in total. The van der Waals surface area contributed by atoms with Crippen LogP contribution in [-0.2, 0) is 9.59 Å². The van der Waals surface area contributed by atoms with E-state index in [1.165, 1.54) is 38.5 Å². The van der Waals surface area contributed by atoms with Crippen molar-refractivity contribution in [2.24, 2.45) is 0 Å². The number of hydrogen-bond acceptors (Lipinski definition) is 4. The Morgan fingerprint density at radius 2 is 1.10 bits per heavy atom. The number of rotatable bonds is 20. The van der Waals surface area contributed by atoms with Crippen molar-refractivity contribution >= 4 is 24.0 Å². The summed E-state index contributed by atoms with van der Waals surface area (Å²) in [6.07, 6.45) is 21.9. The van der Waals surface area contributed by atoms with Gasteiger partial charge in [0.2, 0.25) is 0 Å². The minimum atomic E-state index is -0.149. The SMILES string of the molecule is CC/C=C\CNC(=O)COc1ccc(/C=C/c2ccc(OCC(=O)NC/C=C/CCCCCCCC)cc2)cc1. The number of hydrogen-bond donors (Lipinski definition) is 2. The second-order valence-corrected chi connectivity index (χ2v) is 9.56. The number of carbonyl (C=O) groups is 2. The number of unbranched alkanes of at least 4 members (excludes halogenated alkanes) is 6. The molecule has 0 bridgehead atoms. The average Bonchev–Trinajstić information content (AvgIpc) is 2.98. The maximum atomic E-state index is 12.0. The molecule has 0 aliphatic rings. The molecule has 0 fully saturated rings. The van der Waals surface area contributed by atoms with Gasteiger partial charge < -0.3 is 20.1 Å². The summed E-state index contributed by atoms with van der Waals surface area (Å²) in [7, 11) is 0. The Kier molecular flexibility index (Phi) is 17.1. The van der Waals surface area contributed by atoms with E-state index < -0.39 is 0 Å². The summed E-state index contributed by atoms with van der Waals surface area (Å²) in [5.41, 5.74) is 2.03. The van der Waals surface area contributed by atoms with Crippen LogP contribution in [0, 0.1) is 0 Å². The van der Waals surface area contributed by atoms with Crippen LogP contribution in [0.5, 0.6) is 11.5 Å². The first-order valence-electron chi connectivity index (χ1n) is 14.6. The molecule has 0 spiro atoms. The minimum Gasteiger partial charge on any atom is -0.484 e. The Labute approximate surface area is 240 Å². The van der Waals surface area contributed by atoms with E-state index in [0.717, 1.165) is 24.0 Å². The van der Waals surface area contributed by atoms with Crippen molar-refractivity contribution < 1.29 is 19.1 Å². The third-order valence-electron chi connectivity index (χ3n) is 6.10. The van der Waals surface area contributed by atoms with Gasteiger partial charge >= 0.3 is 0 Å². The van der Waals surface area contributed by atoms with Crippen molar-refractivity contribution in [1.82, 2.24) is 10.6 Å². The third-order valence-corrected chi connectivity index (χ3v) is 6.10. The summed E-state index contributed by atoms with van der Waals surface area (Å²) in [6, 6.07) is 15.2. The van der Waals surface area contributed by atoms with Crippen molar-refractivity contribution in [1.29, 1.82) is 0 Å². The minimum absolute atomic E-state index is 0.00750. The highest BCUT2D eigenvalue weighted by Crippen LogP contribution is 2.17. The van der Waals surface area contributed by atoms with Crippen LogP contribution < -0.4 is 20.1 Å². The molecule has 216 valence electrons. The van der Waals surface area contributed by atoms with E-state index in [-0.39, 0.29) is 25.0 Å². The highest BCUT2D eigenvalue weighted by Gasteiger charge is 2.02. The van der Waals surface area contributed by atoms with Crippen LogP contribution >= 0.6 is 0 Å². The molecule has 0 saturated heterocycles. The van der Waals surface area contributed by atoms with E-state index >= 15 is 0 Å². The first-order valence-corrected chi connectivity index (χ1v) is 14.6. The molecule has 0 saturated carbocycles. The molecule has 0 aliphatic heterocycles. The fourth-order valence-electron chi connectivity index (χ4n) is 3.78. The number of carbonyl (C=O) groups excluding carboxylic acids is 2. The summed E-state index contributed by atoms with van der Waals surface area (Å²) in [5, 5.41) is 5.64. The predicted molar refractivity (Wildman–Crippen MR) is 165 cm³/mol. The van der Waals surface area contributed by atoms with Crippen LogP contribution in [0.15, 0.2) is 72.8 Å². The predicted octanol–water partition coefficient (Wildman–Crippen LogP) is 7.12. The zero-order valence-corrected chi connectivity index (χ0v) is 24.2. The molecule has 40 heavy (non-hydrogen) atoms. The fourth-order valence-corrected chi connectivity index (χ4v) is 3.78. The van der Waals surface area contributed by atoms with Crippen LogP contribution in [0.25, 0.3) is 12.2 Å². The van der Waals surface area contributed by atoms with E-state index in [4.69, 9.17) is 9.47 Å². The molecule has 2 rings (SSSR count). The van der Waals surface area contributed by atoms with Crippen molar-refractivity contribution in [3.05, 3.63) is 84.0 Å². The normalized spacial score (nSPS) is 11.3. The van der Waals surface area contributed by atoms with Crippen LogP contribution in [0.3, 0.4) is 0 Å². The van der Waals surface area contributed by atoms with Crippen molar-refractivity contribution in [2.45, 2.75) is 65.2 Å². The monoisotopic (exact) mass is 546 g/mol. The zero-order chi connectivity index (χ0) is 28.7. The van der Waals surface area contributed by atoms with Crippen LogP contribution in [-0.4, -0.2) is 38.1 Å². The first kappa shape index (κ1) is 32.4. The number of amides is 2. The number of benzene rings is 2. The summed E-state index contributed by atoms with van der Waals surface area (Å²) in [5.74, 6) is 1.01. The largest absolute Gasteiger partial charge is 0.484 e. The van der Waals surface area contributed by atoms with Crippen molar-refractivity contribution in [3.8, 4) is 11.5 Å². The van der Waals surface area contributed by atoms with Crippen molar-refractivity contribution in [3.63, 3.8) is 0 Å². The quantitative estimate of drug-likeness (QED) is 0.105. The molecule has 2 aromatic rings. The summed E-state index contributed by atoms with van der Waals surface area (Å²) in [6.45, 7) is 5.31. The van der Waals surface area contributed by atoms with E-state index in [9.17, 15) is 9.59 Å². The van der Waals surface area contributed by atoms with Gasteiger partial charge in [0.05, 0.1) is 0 Å². The second kappa shape index (κ2) is 21.1. The van der Waals surface area contributed by atoms with Crippen LogP contribution in [0.2, 0.25) is 0 Å². The number of ether oxygens (including phenoxy) is 2. The topological polar surface area (TPSA) is 76.7 Å². The standard InChI is InChI=1S/C34H46N2O4/c1-3-5-7-8-9-10-11-12-14-26-36-34(38)28-40-32-23-19-30(20-24-32)16-15-29-17-21-31(22-18-29)39-27-33(37)35-25-13-6-4-2/h6,12-24H,3-5,7-11,25-28H2,1-2H3,(H,35,37)(H,36,38)/b13-6-,14-12+,16-15+. The Morgan fingerprint density at radius 3 is 1.60 bits per heavy atom. The molecule has 2 aromatic carbocycles. The zero-order valence-electron chi connectivity index (χ0n) is 24.2. The molecule has 6 heteroatoms. The molecule has 0 heterocycles. The van der Waals surface area contributed by atoms with Gasteiger partial charge in [-0.05, 0) is 54.7 Å². The maximum absolute atomic E-state index is 12.0. The third kappa shape index (κ3) is 15.6. The molecule has 2 amide bonds. The highest BCUT2D eigenvalue weighted by molar-refractivity contribution is 5.78. The lowest BCUT2D eigenvalue weighted by atomic mass is 10.1. The van der Waals surface area contributed by atoms with Gasteiger partial charge in [0, 0.05) is 13.1 Å². The molecule has 0 atom stereocenters. The lowest BCUT2D eigenvalue weighted by Gasteiger charge is -2.07. The van der Waals surface area contributed by atoms with Crippen LogP contribution in [0.1, 0.15) is 76.3 Å². The molecule has 2 N–H and O–H groups in total. The van der Waals surface area contributed by atoms with Crippen LogP contribution in [0.4, 0.5) is 0 Å². The van der Waals surface area contributed by atoms with Gasteiger partial charge in [0.1, 0.15) is 11.5 Å². The first-order chi connectivity index (χ1) is 19.6. The molecular formula is C34H46N2O4. The van der Waals surface area contributed by atoms with E-state index in [1.807, 2.05) is 85.8 Å². The summed E-state index contributed by atoms with van der Waals surface area (Å²) in [4.78, 5) is 23.8. The summed E-state index contributed by atoms with van der Waals surface area (Å²) < 4.78 is 11.2. The lowest BCUT2D eigenvalue weighted by molar-refractivity contribution is -0.123. The Balaban J connectivity index is 1.63. The van der Waals surface area contributed by atoms with Gasteiger partial charge in [0.25, 0.3) is 11.8 Å². The maximum Gasteiger partial charge on any atom is 0.258 e. The van der Waals surface area contributed by atoms with E-state index in [1.54, 1.807) is 0 Å². The Bertz CT molecular complexity index is 1060. The summed E-state index contributed by atoms with van der Waals surface area (Å²) >= 11 is 0. The number of nitrogens with one attached hydrogen (secondary N) is 2. The van der Waals surface area contributed by atoms with Gasteiger partial charge in [-0.25, -0.2) is 0 Å². The van der Waals surface area contributed by atoms with E-state index in [2.05, 4.69) is 23.6 Å². The molecule has 0 radical (unpaired) electrons. The molecule has 0 unspecified atom stereocenters. The molecule has 0 aromatic heterocycles. The van der Waals surface area contributed by atoms with E-state index in [0.29, 0.717) is 24.6 Å². The van der Waals surface area contributed by atoms with Gasteiger partial charge in [-0.1, -0.05) is 107 Å². The smallest absolute Gasteiger partial charge is 0.258 e. The second-order valence-electron chi connectivity index (χ2n) is 9.56. The fraction of sp³-hybridized carbons (Fsp3) is 0.412. The Morgan fingerprint density at radius 1 is 0.625 bits per heavy atom. The van der Waals surface area contributed by atoms with Gasteiger partial charge in [0.15, 0.2) is 13.2 Å². The molecular weight excluding hydrogens is 500 g/mol. The van der Waals surface area contributed by atoms with Gasteiger partial charge in [-0.15, -0.1) is 0 Å². The van der Waals surface area contributed by atoms with Crippen molar-refractivity contribution in [2.75, 3.05) is 26.3 Å². The highest BCUT2D eigenvalue weighted by atomic mass is 16.5. The lowest BCUT2D eigenvalue weighted by Crippen LogP contribution is -2.28. The number of allylic oxidation sites excluding steroid dienone is 2. The average molecular weight is 547 g/mol. The van der Waals surface area contributed by atoms with Gasteiger partial charge in [-0.2, -0.15) is 0 Å². The Hall–Kier alpha value is -3.80. The van der Waals surface area contributed by atoms with Gasteiger partial charge in [-0.3, -0.25) is 9.59 Å².